The highest BCUT2D eigenvalue weighted by Crippen LogP contribution is 2.27. The summed E-state index contributed by atoms with van der Waals surface area (Å²) in [4.78, 5) is 38.4. The van der Waals surface area contributed by atoms with E-state index in [1.54, 1.807) is 25.4 Å². The van der Waals surface area contributed by atoms with Gasteiger partial charge in [-0.2, -0.15) is 0 Å². The largest absolute Gasteiger partial charge is 0.311 e. The van der Waals surface area contributed by atoms with Gasteiger partial charge in [0.05, 0.1) is 18.3 Å². The summed E-state index contributed by atoms with van der Waals surface area (Å²) in [6, 6.07) is 8.38. The van der Waals surface area contributed by atoms with Crippen LogP contribution in [0.5, 0.6) is 0 Å². The highest BCUT2D eigenvalue weighted by Gasteiger charge is 2.25. The maximum atomic E-state index is 13.3. The van der Waals surface area contributed by atoms with Gasteiger partial charge in [0.25, 0.3) is 5.56 Å². The lowest BCUT2D eigenvalue weighted by Gasteiger charge is -2.24. The molecule has 1 amide bonds. The molecular formula is C19H21ClN6O2. The number of hydrogen-bond donors (Lipinski definition) is 2. The molecule has 0 aliphatic rings. The molecule has 0 spiro atoms. The van der Waals surface area contributed by atoms with Gasteiger partial charge in [-0.15, -0.1) is 0 Å². The molecule has 2 N–H and O–H groups in total. The van der Waals surface area contributed by atoms with Gasteiger partial charge in [-0.1, -0.05) is 31.5 Å². The molecule has 0 aromatic carbocycles. The molecule has 0 saturated carbocycles. The van der Waals surface area contributed by atoms with Gasteiger partial charge >= 0.3 is 0 Å². The minimum absolute atomic E-state index is 0.0137. The van der Waals surface area contributed by atoms with Gasteiger partial charge in [0.1, 0.15) is 10.7 Å². The molecule has 9 heteroatoms. The normalized spacial score (nSPS) is 12.3. The standard InChI is InChI=1S/C19H21ClN6O2/c1-11(2)16(12-6-4-5-9-22-12)26-18-13(7-8-14(20)24-18)23-17(19(26)28)25-15(27)10-21-3/h4-9,11,16,21H,10H2,1-3H3,(H,23,25,27)/t16-/m0/s1. The van der Waals surface area contributed by atoms with E-state index in [1.165, 1.54) is 4.57 Å². The lowest BCUT2D eigenvalue weighted by Crippen LogP contribution is -2.35. The molecule has 146 valence electrons. The second kappa shape index (κ2) is 8.45. The molecule has 0 aliphatic heterocycles. The number of fused-ring (bicyclic) bond motifs is 1. The van der Waals surface area contributed by atoms with Crippen LogP contribution < -0.4 is 16.2 Å². The van der Waals surface area contributed by atoms with E-state index < -0.39 is 11.6 Å². The van der Waals surface area contributed by atoms with E-state index >= 15 is 0 Å². The van der Waals surface area contributed by atoms with Crippen molar-refractivity contribution in [3.05, 3.63) is 57.7 Å². The number of likely N-dealkylation sites (N-methyl/N-ethyl adjacent to an activating group) is 1. The molecule has 3 rings (SSSR count). The fraction of sp³-hybridized carbons (Fsp3) is 0.316. The Morgan fingerprint density at radius 1 is 1.21 bits per heavy atom. The lowest BCUT2D eigenvalue weighted by atomic mass is 9.99. The van der Waals surface area contributed by atoms with E-state index in [1.807, 2.05) is 32.0 Å². The second-order valence-electron chi connectivity index (χ2n) is 6.63. The van der Waals surface area contributed by atoms with Crippen molar-refractivity contribution in [1.29, 1.82) is 0 Å². The molecule has 0 fully saturated rings. The fourth-order valence-corrected chi connectivity index (χ4v) is 3.20. The lowest BCUT2D eigenvalue weighted by molar-refractivity contribution is -0.115. The predicted octanol–water partition coefficient (Wildman–Crippen LogP) is 2.24. The Labute approximate surface area is 167 Å². The number of aromatic nitrogens is 4. The molecule has 0 saturated heterocycles. The Balaban J connectivity index is 2.29. The van der Waals surface area contributed by atoms with Crippen LogP contribution in [-0.2, 0) is 4.79 Å². The van der Waals surface area contributed by atoms with E-state index in [0.717, 1.165) is 0 Å². The first kappa shape index (κ1) is 19.9. The maximum absolute atomic E-state index is 13.3. The van der Waals surface area contributed by atoms with Crippen LogP contribution >= 0.6 is 11.6 Å². The minimum Gasteiger partial charge on any atom is -0.311 e. The van der Waals surface area contributed by atoms with E-state index in [4.69, 9.17) is 11.6 Å². The molecule has 0 aliphatic carbocycles. The van der Waals surface area contributed by atoms with E-state index in [0.29, 0.717) is 16.9 Å². The average molecular weight is 401 g/mol. The monoisotopic (exact) mass is 400 g/mol. The molecule has 0 unspecified atom stereocenters. The third-order valence-corrected chi connectivity index (χ3v) is 4.41. The van der Waals surface area contributed by atoms with Gasteiger partial charge in [-0.05, 0) is 37.2 Å². The molecule has 0 bridgehead atoms. The predicted molar refractivity (Wildman–Crippen MR) is 109 cm³/mol. The van der Waals surface area contributed by atoms with Crippen molar-refractivity contribution >= 4 is 34.5 Å². The number of halogens is 1. The van der Waals surface area contributed by atoms with Crippen LogP contribution in [0.3, 0.4) is 0 Å². The zero-order valence-corrected chi connectivity index (χ0v) is 16.6. The van der Waals surface area contributed by atoms with Crippen molar-refractivity contribution in [3.63, 3.8) is 0 Å². The first-order chi connectivity index (χ1) is 13.4. The average Bonchev–Trinajstić information content (AvgIpc) is 2.66. The van der Waals surface area contributed by atoms with Gasteiger partial charge < -0.3 is 10.6 Å². The van der Waals surface area contributed by atoms with Crippen molar-refractivity contribution < 1.29 is 4.79 Å². The number of carbonyl (C=O) groups excluding carboxylic acids is 1. The smallest absolute Gasteiger partial charge is 0.296 e. The Hall–Kier alpha value is -2.84. The van der Waals surface area contributed by atoms with E-state index in [-0.39, 0.29) is 29.3 Å². The van der Waals surface area contributed by atoms with Gasteiger partial charge in [0.15, 0.2) is 11.5 Å². The number of pyridine rings is 2. The summed E-state index contributed by atoms with van der Waals surface area (Å²) in [6.07, 6.45) is 1.68. The van der Waals surface area contributed by atoms with Gasteiger partial charge in [0.2, 0.25) is 5.91 Å². The fourth-order valence-electron chi connectivity index (χ4n) is 3.06. The molecule has 1 atom stereocenters. The molecule has 3 aromatic heterocycles. The highest BCUT2D eigenvalue weighted by atomic mass is 35.5. The van der Waals surface area contributed by atoms with Gasteiger partial charge in [0, 0.05) is 6.20 Å². The third kappa shape index (κ3) is 4.02. The van der Waals surface area contributed by atoms with Crippen LogP contribution in [0.1, 0.15) is 25.6 Å². The van der Waals surface area contributed by atoms with Gasteiger partial charge in [-0.3, -0.25) is 19.1 Å². The van der Waals surface area contributed by atoms with Crippen molar-refractivity contribution in [2.45, 2.75) is 19.9 Å². The first-order valence-electron chi connectivity index (χ1n) is 8.86. The topological polar surface area (TPSA) is 102 Å². The summed E-state index contributed by atoms with van der Waals surface area (Å²) in [6.45, 7) is 4.04. The minimum atomic E-state index is -0.462. The van der Waals surface area contributed by atoms with Crippen LogP contribution in [0.4, 0.5) is 5.82 Å². The first-order valence-corrected chi connectivity index (χ1v) is 9.24. The van der Waals surface area contributed by atoms with Crippen molar-refractivity contribution in [2.75, 3.05) is 18.9 Å². The summed E-state index contributed by atoms with van der Waals surface area (Å²) in [5, 5.41) is 5.57. The SMILES string of the molecule is CNCC(=O)Nc1nc2ccc(Cl)nc2n([C@H](c2ccccn2)C(C)C)c1=O. The Morgan fingerprint density at radius 3 is 2.64 bits per heavy atom. The van der Waals surface area contributed by atoms with Crippen LogP contribution in [0.25, 0.3) is 11.2 Å². The number of rotatable bonds is 6. The summed E-state index contributed by atoms with van der Waals surface area (Å²) in [5.74, 6) is -0.405. The number of nitrogens with one attached hydrogen (secondary N) is 2. The molecule has 0 radical (unpaired) electrons. The highest BCUT2D eigenvalue weighted by molar-refractivity contribution is 6.29. The van der Waals surface area contributed by atoms with Crippen LogP contribution in [0.2, 0.25) is 5.15 Å². The summed E-state index contributed by atoms with van der Waals surface area (Å²) >= 11 is 6.09. The zero-order valence-electron chi connectivity index (χ0n) is 15.8. The van der Waals surface area contributed by atoms with Gasteiger partial charge in [-0.25, -0.2) is 9.97 Å². The summed E-state index contributed by atoms with van der Waals surface area (Å²) < 4.78 is 1.51. The second-order valence-corrected chi connectivity index (χ2v) is 7.02. The third-order valence-electron chi connectivity index (χ3n) is 4.20. The molecule has 3 heterocycles. The van der Waals surface area contributed by atoms with Crippen LogP contribution in [0.15, 0.2) is 41.3 Å². The van der Waals surface area contributed by atoms with Crippen LogP contribution in [0, 0.1) is 5.92 Å². The molecule has 3 aromatic rings. The number of amides is 1. The van der Waals surface area contributed by atoms with Crippen molar-refractivity contribution in [2.24, 2.45) is 5.92 Å². The molecule has 28 heavy (non-hydrogen) atoms. The molecule has 8 nitrogen and oxygen atoms in total. The maximum Gasteiger partial charge on any atom is 0.296 e. The summed E-state index contributed by atoms with van der Waals surface area (Å²) in [5.41, 5.74) is 1.04. The van der Waals surface area contributed by atoms with E-state index in [2.05, 4.69) is 25.6 Å². The quantitative estimate of drug-likeness (QED) is 0.615. The van der Waals surface area contributed by atoms with Crippen molar-refractivity contribution in [1.82, 2.24) is 24.8 Å². The zero-order chi connectivity index (χ0) is 20.3. The number of carbonyl (C=O) groups is 1. The Kier molecular flexibility index (Phi) is 6.01. The summed E-state index contributed by atoms with van der Waals surface area (Å²) in [7, 11) is 1.65. The van der Waals surface area contributed by atoms with Crippen molar-refractivity contribution in [3.8, 4) is 0 Å². The Bertz CT molecular complexity index is 1050. The number of anilines is 1. The Morgan fingerprint density at radius 2 is 2.00 bits per heavy atom. The van der Waals surface area contributed by atoms with Crippen LogP contribution in [-0.4, -0.2) is 39.0 Å². The number of nitrogens with zero attached hydrogens (tertiary/aromatic N) is 4. The van der Waals surface area contributed by atoms with E-state index in [9.17, 15) is 9.59 Å². The number of hydrogen-bond acceptors (Lipinski definition) is 6. The molecular weight excluding hydrogens is 380 g/mol.